The number of carboxylic acids is 2. The van der Waals surface area contributed by atoms with E-state index in [2.05, 4.69) is 5.10 Å². The van der Waals surface area contributed by atoms with Crippen molar-refractivity contribution in [1.82, 2.24) is 9.78 Å². The third kappa shape index (κ3) is 3.04. The molecule has 1 aromatic rings. The molecule has 0 aromatic carbocycles. The van der Waals surface area contributed by atoms with Gasteiger partial charge in [0.1, 0.15) is 0 Å². The van der Waals surface area contributed by atoms with Crippen LogP contribution >= 0.6 is 0 Å². The van der Waals surface area contributed by atoms with Crippen molar-refractivity contribution in [2.24, 2.45) is 11.3 Å². The SMILES string of the molecule is CC1=CC(n2cc(C(=O)O)cn2)=CC(C)(C)C1CC(=O)O. The summed E-state index contributed by atoms with van der Waals surface area (Å²) in [5.74, 6) is -1.94. The van der Waals surface area contributed by atoms with E-state index in [0.717, 1.165) is 11.3 Å². The molecule has 0 saturated heterocycles. The van der Waals surface area contributed by atoms with Crippen molar-refractivity contribution < 1.29 is 19.8 Å². The lowest BCUT2D eigenvalue weighted by Gasteiger charge is -2.35. The summed E-state index contributed by atoms with van der Waals surface area (Å²) in [7, 11) is 0. The summed E-state index contributed by atoms with van der Waals surface area (Å²) >= 11 is 0. The number of hydrogen-bond acceptors (Lipinski definition) is 3. The van der Waals surface area contributed by atoms with Crippen molar-refractivity contribution in [3.63, 3.8) is 0 Å². The summed E-state index contributed by atoms with van der Waals surface area (Å²) in [6, 6.07) is 0. The second-order valence-electron chi connectivity index (χ2n) is 5.91. The van der Waals surface area contributed by atoms with Gasteiger partial charge in [-0.1, -0.05) is 25.5 Å². The molecule has 0 bridgehead atoms. The predicted molar refractivity (Wildman–Crippen MR) is 76.7 cm³/mol. The number of allylic oxidation sites excluding steroid dienone is 4. The maximum absolute atomic E-state index is 11.0. The zero-order chi connectivity index (χ0) is 15.8. The fraction of sp³-hybridized carbons (Fsp3) is 0.400. The summed E-state index contributed by atoms with van der Waals surface area (Å²) in [5, 5.41) is 22.0. The first kappa shape index (κ1) is 15.0. The van der Waals surface area contributed by atoms with Crippen molar-refractivity contribution in [2.45, 2.75) is 27.2 Å². The number of carboxylic acid groups (broad SMARTS) is 2. The molecule has 1 aliphatic rings. The molecule has 1 heterocycles. The van der Waals surface area contributed by atoms with Crippen LogP contribution in [0.15, 0.2) is 30.1 Å². The van der Waals surface area contributed by atoms with Crippen LogP contribution in [0.25, 0.3) is 5.70 Å². The van der Waals surface area contributed by atoms with E-state index in [1.807, 2.05) is 32.9 Å². The molecule has 1 unspecified atom stereocenters. The minimum atomic E-state index is -1.03. The Morgan fingerprint density at radius 1 is 1.38 bits per heavy atom. The zero-order valence-electron chi connectivity index (χ0n) is 12.2. The largest absolute Gasteiger partial charge is 0.481 e. The van der Waals surface area contributed by atoms with E-state index in [1.165, 1.54) is 17.1 Å². The van der Waals surface area contributed by atoms with Gasteiger partial charge in [-0.15, -0.1) is 0 Å². The summed E-state index contributed by atoms with van der Waals surface area (Å²) in [5.41, 5.74) is 1.48. The molecule has 1 atom stereocenters. The van der Waals surface area contributed by atoms with Crippen LogP contribution in [0.1, 0.15) is 37.6 Å². The molecule has 6 heteroatoms. The maximum atomic E-state index is 11.0. The van der Waals surface area contributed by atoms with E-state index in [0.29, 0.717) is 0 Å². The highest BCUT2D eigenvalue weighted by atomic mass is 16.4. The summed E-state index contributed by atoms with van der Waals surface area (Å²) in [6.45, 7) is 5.83. The lowest BCUT2D eigenvalue weighted by Crippen LogP contribution is -2.29. The van der Waals surface area contributed by atoms with E-state index in [9.17, 15) is 9.59 Å². The molecule has 0 saturated carbocycles. The Bertz CT molecular complexity index is 652. The molecule has 0 fully saturated rings. The number of rotatable bonds is 4. The molecule has 0 spiro atoms. The third-order valence-corrected chi connectivity index (χ3v) is 3.82. The molecule has 112 valence electrons. The average Bonchev–Trinajstić information content (AvgIpc) is 2.82. The molecule has 0 radical (unpaired) electrons. The van der Waals surface area contributed by atoms with Crippen LogP contribution in [0.4, 0.5) is 0 Å². The molecule has 0 aliphatic heterocycles. The van der Waals surface area contributed by atoms with E-state index >= 15 is 0 Å². The van der Waals surface area contributed by atoms with Gasteiger partial charge in [0.2, 0.25) is 0 Å². The second-order valence-corrected chi connectivity index (χ2v) is 5.91. The van der Waals surface area contributed by atoms with Crippen molar-refractivity contribution in [1.29, 1.82) is 0 Å². The minimum absolute atomic E-state index is 0.0681. The minimum Gasteiger partial charge on any atom is -0.481 e. The van der Waals surface area contributed by atoms with Gasteiger partial charge in [-0.3, -0.25) is 4.79 Å². The highest BCUT2D eigenvalue weighted by Crippen LogP contribution is 2.41. The first-order valence-corrected chi connectivity index (χ1v) is 6.62. The summed E-state index contributed by atoms with van der Waals surface area (Å²) in [6.07, 6.45) is 6.61. The highest BCUT2D eigenvalue weighted by molar-refractivity contribution is 5.87. The number of aromatic carboxylic acids is 1. The average molecular weight is 290 g/mol. The molecular weight excluding hydrogens is 272 g/mol. The lowest BCUT2D eigenvalue weighted by atomic mass is 9.70. The van der Waals surface area contributed by atoms with Gasteiger partial charge in [0, 0.05) is 6.20 Å². The molecule has 21 heavy (non-hydrogen) atoms. The van der Waals surface area contributed by atoms with Crippen LogP contribution in [0, 0.1) is 11.3 Å². The number of hydrogen-bond donors (Lipinski definition) is 2. The molecule has 6 nitrogen and oxygen atoms in total. The second kappa shape index (κ2) is 5.20. The van der Waals surface area contributed by atoms with Gasteiger partial charge in [0.05, 0.1) is 23.9 Å². The fourth-order valence-electron chi connectivity index (χ4n) is 2.75. The van der Waals surface area contributed by atoms with E-state index in [1.54, 1.807) is 0 Å². The van der Waals surface area contributed by atoms with Gasteiger partial charge in [0.15, 0.2) is 0 Å². The Morgan fingerprint density at radius 2 is 2.05 bits per heavy atom. The van der Waals surface area contributed by atoms with Gasteiger partial charge < -0.3 is 10.2 Å². The highest BCUT2D eigenvalue weighted by Gasteiger charge is 2.34. The van der Waals surface area contributed by atoms with Crippen LogP contribution < -0.4 is 0 Å². The van der Waals surface area contributed by atoms with Crippen molar-refractivity contribution in [3.8, 4) is 0 Å². The summed E-state index contributed by atoms with van der Waals surface area (Å²) < 4.78 is 1.51. The van der Waals surface area contributed by atoms with Gasteiger partial charge in [-0.2, -0.15) is 5.10 Å². The smallest absolute Gasteiger partial charge is 0.338 e. The molecule has 1 aliphatic carbocycles. The van der Waals surface area contributed by atoms with Gasteiger partial charge in [-0.05, 0) is 24.3 Å². The van der Waals surface area contributed by atoms with Gasteiger partial charge in [0.25, 0.3) is 0 Å². The monoisotopic (exact) mass is 290 g/mol. The van der Waals surface area contributed by atoms with Crippen molar-refractivity contribution in [2.75, 3.05) is 0 Å². The first-order chi connectivity index (χ1) is 9.70. The van der Waals surface area contributed by atoms with Crippen LogP contribution in [0.2, 0.25) is 0 Å². The number of aromatic nitrogens is 2. The van der Waals surface area contributed by atoms with Crippen molar-refractivity contribution >= 4 is 17.6 Å². The van der Waals surface area contributed by atoms with Gasteiger partial charge >= 0.3 is 11.9 Å². The van der Waals surface area contributed by atoms with Gasteiger partial charge in [-0.25, -0.2) is 9.48 Å². The molecule has 2 rings (SSSR count). The Balaban J connectivity index is 2.36. The fourth-order valence-corrected chi connectivity index (χ4v) is 2.75. The van der Waals surface area contributed by atoms with E-state index < -0.39 is 11.9 Å². The van der Waals surface area contributed by atoms with Crippen LogP contribution in [0.3, 0.4) is 0 Å². The Kier molecular flexibility index (Phi) is 3.72. The molecular formula is C15H18N2O4. The summed E-state index contributed by atoms with van der Waals surface area (Å²) in [4.78, 5) is 21.9. The van der Waals surface area contributed by atoms with Crippen LogP contribution in [0.5, 0.6) is 0 Å². The normalized spacial score (nSPS) is 20.6. The molecule has 0 amide bonds. The molecule has 2 N–H and O–H groups in total. The maximum Gasteiger partial charge on any atom is 0.338 e. The zero-order valence-corrected chi connectivity index (χ0v) is 12.2. The van der Waals surface area contributed by atoms with Crippen LogP contribution in [-0.2, 0) is 4.79 Å². The standard InChI is InChI=1S/C15H18N2O4/c1-9-4-11(17-8-10(7-16-17)14(20)21)6-15(2,3)12(9)5-13(18)19/h4,6-8,12H,5H2,1-3H3,(H,18,19)(H,20,21). The Hall–Kier alpha value is -2.37. The number of carbonyl (C=O) groups is 2. The predicted octanol–water partition coefficient (Wildman–Crippen LogP) is 2.50. The lowest BCUT2D eigenvalue weighted by molar-refractivity contribution is -0.138. The van der Waals surface area contributed by atoms with Crippen molar-refractivity contribution in [3.05, 3.63) is 35.7 Å². The van der Waals surface area contributed by atoms with E-state index in [4.69, 9.17) is 10.2 Å². The Labute approximate surface area is 122 Å². The van der Waals surface area contributed by atoms with Crippen LogP contribution in [-0.4, -0.2) is 31.9 Å². The third-order valence-electron chi connectivity index (χ3n) is 3.82. The topological polar surface area (TPSA) is 92.4 Å². The molecule has 1 aromatic heterocycles. The number of aliphatic carboxylic acids is 1. The number of nitrogens with zero attached hydrogens (tertiary/aromatic N) is 2. The quantitative estimate of drug-likeness (QED) is 0.888. The Morgan fingerprint density at radius 3 is 2.52 bits per heavy atom. The first-order valence-electron chi connectivity index (χ1n) is 6.62. The van der Waals surface area contributed by atoms with E-state index in [-0.39, 0.29) is 23.3 Å².